The van der Waals surface area contributed by atoms with Crippen LogP contribution in [0.2, 0.25) is 0 Å². The SMILES string of the molecule is CCOC(=O)[C@H]1[C@@H]2Oc3ccccc3[C@@H]21. The van der Waals surface area contributed by atoms with E-state index in [9.17, 15) is 4.79 Å². The Kier molecular flexibility index (Phi) is 1.75. The summed E-state index contributed by atoms with van der Waals surface area (Å²) in [5.74, 6) is 0.968. The van der Waals surface area contributed by atoms with Crippen LogP contribution < -0.4 is 4.74 Å². The maximum absolute atomic E-state index is 11.5. The maximum atomic E-state index is 11.5. The second kappa shape index (κ2) is 2.99. The van der Waals surface area contributed by atoms with Gasteiger partial charge < -0.3 is 9.47 Å². The highest BCUT2D eigenvalue weighted by Crippen LogP contribution is 2.58. The summed E-state index contributed by atoms with van der Waals surface area (Å²) < 4.78 is 10.7. The van der Waals surface area contributed by atoms with Crippen LogP contribution in [0.4, 0.5) is 0 Å². The van der Waals surface area contributed by atoms with Crippen LogP contribution in [0.5, 0.6) is 5.75 Å². The van der Waals surface area contributed by atoms with Gasteiger partial charge in [0.25, 0.3) is 0 Å². The second-order valence-electron chi connectivity index (χ2n) is 3.92. The molecule has 3 nitrogen and oxygen atoms in total. The topological polar surface area (TPSA) is 35.5 Å². The summed E-state index contributed by atoms with van der Waals surface area (Å²) in [6.45, 7) is 2.27. The van der Waals surface area contributed by atoms with E-state index in [1.807, 2.05) is 31.2 Å². The molecule has 3 atom stereocenters. The Hall–Kier alpha value is -1.51. The molecule has 1 aromatic rings. The van der Waals surface area contributed by atoms with Crippen molar-refractivity contribution in [3.05, 3.63) is 29.8 Å². The van der Waals surface area contributed by atoms with Crippen LogP contribution in [0, 0.1) is 5.92 Å². The molecule has 0 aromatic heterocycles. The first-order valence-corrected chi connectivity index (χ1v) is 5.25. The highest BCUT2D eigenvalue weighted by atomic mass is 16.5. The molecule has 1 saturated carbocycles. The number of carbonyl (C=O) groups excluding carboxylic acids is 1. The largest absolute Gasteiger partial charge is 0.489 e. The molecule has 1 heterocycles. The fraction of sp³-hybridized carbons (Fsp3) is 0.417. The number of hydrogen-bond acceptors (Lipinski definition) is 3. The summed E-state index contributed by atoms with van der Waals surface area (Å²) in [6.07, 6.45) is 0.0291. The molecule has 0 saturated heterocycles. The lowest BCUT2D eigenvalue weighted by Crippen LogP contribution is -2.13. The first kappa shape index (κ1) is 8.77. The summed E-state index contributed by atoms with van der Waals surface area (Å²) in [7, 11) is 0. The molecule has 3 heteroatoms. The molecule has 1 fully saturated rings. The van der Waals surface area contributed by atoms with Crippen molar-refractivity contribution in [2.75, 3.05) is 6.61 Å². The zero-order valence-corrected chi connectivity index (χ0v) is 8.47. The van der Waals surface area contributed by atoms with Gasteiger partial charge in [-0.1, -0.05) is 18.2 Å². The van der Waals surface area contributed by atoms with Crippen LogP contribution in [0.25, 0.3) is 0 Å². The van der Waals surface area contributed by atoms with Gasteiger partial charge in [0.1, 0.15) is 17.8 Å². The third-order valence-corrected chi connectivity index (χ3v) is 3.05. The molecule has 0 bridgehead atoms. The molecule has 1 aliphatic heterocycles. The molecule has 2 aliphatic rings. The predicted molar refractivity (Wildman–Crippen MR) is 53.7 cm³/mol. The lowest BCUT2D eigenvalue weighted by atomic mass is 10.1. The van der Waals surface area contributed by atoms with Gasteiger partial charge in [0.05, 0.1) is 6.61 Å². The number of para-hydroxylation sites is 1. The number of esters is 1. The van der Waals surface area contributed by atoms with Gasteiger partial charge in [0.2, 0.25) is 0 Å². The van der Waals surface area contributed by atoms with Crippen LogP contribution in [0.3, 0.4) is 0 Å². The Bertz CT molecular complexity index is 413. The third kappa shape index (κ3) is 1.16. The van der Waals surface area contributed by atoms with Crippen LogP contribution in [-0.4, -0.2) is 18.7 Å². The molecule has 3 rings (SSSR count). The smallest absolute Gasteiger partial charge is 0.313 e. The molecule has 0 amide bonds. The molecule has 1 aromatic carbocycles. The van der Waals surface area contributed by atoms with E-state index in [1.165, 1.54) is 0 Å². The minimum absolute atomic E-state index is 0.0291. The summed E-state index contributed by atoms with van der Waals surface area (Å²) in [5.41, 5.74) is 1.15. The minimum atomic E-state index is -0.123. The Labute approximate surface area is 88.0 Å². The Balaban J connectivity index is 1.81. The molecular formula is C12H12O3. The fourth-order valence-electron chi connectivity index (χ4n) is 2.33. The number of rotatable bonds is 2. The quantitative estimate of drug-likeness (QED) is 0.688. The predicted octanol–water partition coefficient (Wildman–Crippen LogP) is 1.72. The van der Waals surface area contributed by atoms with Gasteiger partial charge in [-0.05, 0) is 13.0 Å². The van der Waals surface area contributed by atoms with Crippen molar-refractivity contribution < 1.29 is 14.3 Å². The lowest BCUT2D eigenvalue weighted by Gasteiger charge is -2.07. The first-order valence-electron chi connectivity index (χ1n) is 5.25. The van der Waals surface area contributed by atoms with Crippen LogP contribution in [-0.2, 0) is 9.53 Å². The number of carbonyl (C=O) groups is 1. The summed E-state index contributed by atoms with van der Waals surface area (Å²) in [6, 6.07) is 7.90. The number of ether oxygens (including phenoxy) is 2. The van der Waals surface area contributed by atoms with Crippen LogP contribution in [0.1, 0.15) is 18.4 Å². The molecule has 1 aliphatic carbocycles. The number of hydrogen-bond donors (Lipinski definition) is 0. The van der Waals surface area contributed by atoms with Gasteiger partial charge in [-0.3, -0.25) is 4.79 Å². The monoisotopic (exact) mass is 204 g/mol. The normalized spacial score (nSPS) is 30.1. The second-order valence-corrected chi connectivity index (χ2v) is 3.92. The van der Waals surface area contributed by atoms with E-state index in [0.717, 1.165) is 11.3 Å². The minimum Gasteiger partial charge on any atom is -0.489 e. The lowest BCUT2D eigenvalue weighted by molar-refractivity contribution is -0.145. The Morgan fingerprint density at radius 3 is 3.07 bits per heavy atom. The third-order valence-electron chi connectivity index (χ3n) is 3.05. The van der Waals surface area contributed by atoms with Crippen molar-refractivity contribution in [1.82, 2.24) is 0 Å². The summed E-state index contributed by atoms with van der Waals surface area (Å²) in [4.78, 5) is 11.5. The Morgan fingerprint density at radius 2 is 2.27 bits per heavy atom. The van der Waals surface area contributed by atoms with Gasteiger partial charge in [-0.25, -0.2) is 0 Å². The number of fused-ring (bicyclic) bond motifs is 3. The molecule has 78 valence electrons. The van der Waals surface area contributed by atoms with E-state index in [0.29, 0.717) is 6.61 Å². The van der Waals surface area contributed by atoms with Crippen molar-refractivity contribution in [1.29, 1.82) is 0 Å². The van der Waals surface area contributed by atoms with Gasteiger partial charge in [0, 0.05) is 11.5 Å². The average Bonchev–Trinajstić information content (AvgIpc) is 2.83. The molecule has 0 unspecified atom stereocenters. The summed E-state index contributed by atoms with van der Waals surface area (Å²) in [5, 5.41) is 0. The van der Waals surface area contributed by atoms with E-state index in [4.69, 9.17) is 9.47 Å². The highest BCUT2D eigenvalue weighted by Gasteiger charge is 2.63. The van der Waals surface area contributed by atoms with Gasteiger partial charge in [0.15, 0.2) is 0 Å². The van der Waals surface area contributed by atoms with E-state index in [1.54, 1.807) is 0 Å². The molecule has 0 spiro atoms. The zero-order chi connectivity index (χ0) is 10.4. The van der Waals surface area contributed by atoms with Crippen molar-refractivity contribution in [3.63, 3.8) is 0 Å². The Morgan fingerprint density at radius 1 is 1.47 bits per heavy atom. The van der Waals surface area contributed by atoms with E-state index >= 15 is 0 Å². The van der Waals surface area contributed by atoms with Gasteiger partial charge >= 0.3 is 5.97 Å². The molecular weight excluding hydrogens is 192 g/mol. The van der Waals surface area contributed by atoms with Crippen LogP contribution in [0.15, 0.2) is 24.3 Å². The summed E-state index contributed by atoms with van der Waals surface area (Å²) >= 11 is 0. The van der Waals surface area contributed by atoms with Crippen molar-refractivity contribution >= 4 is 5.97 Å². The van der Waals surface area contributed by atoms with Crippen molar-refractivity contribution in [2.45, 2.75) is 18.9 Å². The van der Waals surface area contributed by atoms with Crippen molar-refractivity contribution in [3.8, 4) is 5.75 Å². The van der Waals surface area contributed by atoms with Crippen LogP contribution >= 0.6 is 0 Å². The van der Waals surface area contributed by atoms with Gasteiger partial charge in [-0.15, -0.1) is 0 Å². The maximum Gasteiger partial charge on any atom is 0.313 e. The van der Waals surface area contributed by atoms with E-state index < -0.39 is 0 Å². The molecule has 15 heavy (non-hydrogen) atoms. The average molecular weight is 204 g/mol. The number of benzene rings is 1. The van der Waals surface area contributed by atoms with Gasteiger partial charge in [-0.2, -0.15) is 0 Å². The van der Waals surface area contributed by atoms with E-state index in [-0.39, 0.29) is 23.9 Å². The zero-order valence-electron chi connectivity index (χ0n) is 8.47. The first-order chi connectivity index (χ1) is 7.33. The molecule has 0 N–H and O–H groups in total. The molecule has 0 radical (unpaired) electrons. The van der Waals surface area contributed by atoms with Crippen molar-refractivity contribution in [2.24, 2.45) is 5.92 Å². The fourth-order valence-corrected chi connectivity index (χ4v) is 2.33. The standard InChI is InChI=1S/C12H12O3/c1-2-14-12(13)10-9-7-5-3-4-6-8(7)15-11(9)10/h3-6,9-11H,2H2,1H3/t9-,10-,11-/m1/s1. The van der Waals surface area contributed by atoms with E-state index in [2.05, 4.69) is 0 Å². The highest BCUT2D eigenvalue weighted by molar-refractivity contribution is 5.80.